The molecule has 0 spiro atoms. The van der Waals surface area contributed by atoms with Crippen molar-refractivity contribution in [1.29, 1.82) is 0 Å². The molecule has 0 atom stereocenters. The summed E-state index contributed by atoms with van der Waals surface area (Å²) < 4.78 is 0. The van der Waals surface area contributed by atoms with Crippen LogP contribution < -0.4 is 10.4 Å². The van der Waals surface area contributed by atoms with E-state index in [1.807, 2.05) is 15.9 Å². The van der Waals surface area contributed by atoms with Gasteiger partial charge in [0.2, 0.25) is 0 Å². The third kappa shape index (κ3) is 7.16. The van der Waals surface area contributed by atoms with Crippen molar-refractivity contribution < 1.29 is 0 Å². The second kappa shape index (κ2) is 17.8. The molecule has 0 aliphatic heterocycles. The van der Waals surface area contributed by atoms with E-state index in [1.165, 1.54) is 90.7 Å². The van der Waals surface area contributed by atoms with E-state index in [-0.39, 0.29) is 0 Å². The van der Waals surface area contributed by atoms with Gasteiger partial charge in [-0.1, -0.05) is 233 Å². The maximum absolute atomic E-state index is 2.76. The molecule has 0 unspecified atom stereocenters. The van der Waals surface area contributed by atoms with Crippen LogP contribution in [0.2, 0.25) is 90.7 Å². The van der Waals surface area contributed by atoms with Crippen LogP contribution in [-0.2, 0) is 0 Å². The van der Waals surface area contributed by atoms with Crippen molar-refractivity contribution in [2.75, 3.05) is 0 Å². The standard InChI is InChI=1S/C38H78Si5/c1-16-39(17-2,18-3)35-33-31-32-34(36(35)40(19-4,20-5)21-6)37(41(22-7,23-8)24-9)38(42(25-10,26-11)27-12)43(28-13,29-14)30-15/h31-33H,16-30H2,1-15H3. The van der Waals surface area contributed by atoms with E-state index in [4.69, 9.17) is 0 Å². The number of benzene rings is 1. The van der Waals surface area contributed by atoms with Crippen LogP contribution in [0.4, 0.5) is 0 Å². The SMILES string of the molecule is CC[Si](CC)(CC)C(=C([Si](CC)(CC)CC)[Si](CC)(CC)CC)c1cccc([Si](CC)(CC)CC)c1[Si](CC)(CC)CC. The van der Waals surface area contributed by atoms with Gasteiger partial charge >= 0.3 is 0 Å². The maximum Gasteiger partial charge on any atom is 0.0865 e. The molecule has 0 nitrogen and oxygen atoms in total. The molecule has 0 aliphatic carbocycles. The van der Waals surface area contributed by atoms with Crippen molar-refractivity contribution in [3.8, 4) is 0 Å². The Labute approximate surface area is 277 Å². The summed E-state index contributed by atoms with van der Waals surface area (Å²) in [5.41, 5.74) is 1.88. The van der Waals surface area contributed by atoms with Gasteiger partial charge in [-0.3, -0.25) is 0 Å². The van der Waals surface area contributed by atoms with Gasteiger partial charge in [0.15, 0.2) is 0 Å². The topological polar surface area (TPSA) is 0 Å². The van der Waals surface area contributed by atoms with Crippen LogP contribution in [-0.4, -0.2) is 40.4 Å². The summed E-state index contributed by atoms with van der Waals surface area (Å²) in [4.78, 5) is 2.25. The fourth-order valence-corrected chi connectivity index (χ4v) is 40.6. The van der Waals surface area contributed by atoms with E-state index in [1.54, 1.807) is 0 Å². The predicted octanol–water partition coefficient (Wildman–Crippen LogP) is 13.0. The fraction of sp³-hybridized carbons (Fsp3) is 0.789. The molecule has 0 amide bonds. The van der Waals surface area contributed by atoms with Gasteiger partial charge in [-0.2, -0.15) is 0 Å². The van der Waals surface area contributed by atoms with Crippen molar-refractivity contribution in [3.63, 3.8) is 0 Å². The summed E-state index contributed by atoms with van der Waals surface area (Å²) in [5, 5.41) is 6.08. The van der Waals surface area contributed by atoms with Crippen LogP contribution in [0.1, 0.15) is 109 Å². The van der Waals surface area contributed by atoms with Crippen LogP contribution in [0, 0.1) is 0 Å². The van der Waals surface area contributed by atoms with Gasteiger partial charge in [-0.25, -0.2) is 0 Å². The molecule has 0 aromatic heterocycles. The van der Waals surface area contributed by atoms with Crippen molar-refractivity contribution in [3.05, 3.63) is 28.6 Å². The van der Waals surface area contributed by atoms with E-state index < -0.39 is 40.4 Å². The first-order valence-electron chi connectivity index (χ1n) is 19.4. The lowest BCUT2D eigenvalue weighted by atomic mass is 10.2. The molecule has 0 N–H and O–H groups in total. The van der Waals surface area contributed by atoms with E-state index in [0.717, 1.165) is 0 Å². The summed E-state index contributed by atoms with van der Waals surface area (Å²) in [5.74, 6) is 0. The Balaban J connectivity index is 5.09. The molecule has 1 aromatic carbocycles. The van der Waals surface area contributed by atoms with Crippen molar-refractivity contribution in [2.24, 2.45) is 0 Å². The van der Waals surface area contributed by atoms with E-state index in [2.05, 4.69) is 132 Å². The second-order valence-electron chi connectivity index (χ2n) is 14.2. The Kier molecular flexibility index (Phi) is 17.0. The molecule has 1 aromatic rings. The average Bonchev–Trinajstić information content (AvgIpc) is 3.07. The predicted molar refractivity (Wildman–Crippen MR) is 219 cm³/mol. The van der Waals surface area contributed by atoms with Gasteiger partial charge in [0.1, 0.15) is 0 Å². The molecule has 1 rings (SSSR count). The van der Waals surface area contributed by atoms with Crippen LogP contribution >= 0.6 is 0 Å². The molecule has 0 fully saturated rings. The summed E-state index contributed by atoms with van der Waals surface area (Å²) in [7, 11) is -8.32. The van der Waals surface area contributed by atoms with Crippen molar-refractivity contribution in [1.82, 2.24) is 0 Å². The highest BCUT2D eigenvalue weighted by atomic mass is 28.4. The van der Waals surface area contributed by atoms with Gasteiger partial charge < -0.3 is 0 Å². The summed E-state index contributed by atoms with van der Waals surface area (Å²) >= 11 is 0. The zero-order valence-corrected chi connectivity index (χ0v) is 37.3. The highest BCUT2D eigenvalue weighted by Gasteiger charge is 2.50. The lowest BCUT2D eigenvalue weighted by Crippen LogP contribution is -2.64. The van der Waals surface area contributed by atoms with E-state index >= 15 is 0 Å². The monoisotopic (exact) mass is 674 g/mol. The largest absolute Gasteiger partial charge is 0.0897 e. The van der Waals surface area contributed by atoms with Crippen LogP contribution in [0.25, 0.3) is 5.20 Å². The Bertz CT molecular complexity index is 926. The summed E-state index contributed by atoms with van der Waals surface area (Å²) in [6.45, 7) is 39.0. The minimum absolute atomic E-state index is 1.40. The Morgan fingerprint density at radius 1 is 0.395 bits per heavy atom. The van der Waals surface area contributed by atoms with Gasteiger partial charge in [0.05, 0.1) is 40.4 Å². The molecule has 250 valence electrons. The molecule has 0 heterocycles. The van der Waals surface area contributed by atoms with Gasteiger partial charge in [0, 0.05) is 0 Å². The van der Waals surface area contributed by atoms with E-state index in [0.29, 0.717) is 0 Å². The quantitative estimate of drug-likeness (QED) is 0.114. The first-order chi connectivity index (χ1) is 20.5. The van der Waals surface area contributed by atoms with Gasteiger partial charge in [-0.15, -0.1) is 0 Å². The van der Waals surface area contributed by atoms with Gasteiger partial charge in [0.25, 0.3) is 0 Å². The molecular formula is C38H78Si5. The van der Waals surface area contributed by atoms with Crippen LogP contribution in [0.5, 0.6) is 0 Å². The zero-order chi connectivity index (χ0) is 33.1. The normalized spacial score (nSPS) is 13.5. The number of rotatable bonds is 21. The molecule has 0 aliphatic rings. The summed E-state index contributed by atoms with van der Waals surface area (Å²) in [6.07, 6.45) is 0. The first kappa shape index (κ1) is 41.1. The van der Waals surface area contributed by atoms with Gasteiger partial charge in [-0.05, 0) is 5.56 Å². The van der Waals surface area contributed by atoms with Crippen LogP contribution in [0.3, 0.4) is 0 Å². The van der Waals surface area contributed by atoms with E-state index in [9.17, 15) is 0 Å². The minimum atomic E-state index is -1.74. The Hall–Kier alpha value is 0.0444. The Morgan fingerprint density at radius 2 is 0.721 bits per heavy atom. The fourth-order valence-electron chi connectivity index (χ4n) is 9.99. The molecule has 0 radical (unpaired) electrons. The maximum atomic E-state index is 2.76. The molecule has 5 heteroatoms. The van der Waals surface area contributed by atoms with Crippen molar-refractivity contribution in [2.45, 2.75) is 195 Å². The van der Waals surface area contributed by atoms with Crippen LogP contribution in [0.15, 0.2) is 23.0 Å². The first-order valence-corrected chi connectivity index (χ1v) is 32.5. The van der Waals surface area contributed by atoms with Crippen molar-refractivity contribution >= 4 is 55.9 Å². The minimum Gasteiger partial charge on any atom is -0.0897 e. The smallest absolute Gasteiger partial charge is 0.0865 e. The third-order valence-corrected chi connectivity index (χ3v) is 46.0. The third-order valence-electron chi connectivity index (χ3n) is 14.4. The average molecular weight is 675 g/mol. The highest BCUT2D eigenvalue weighted by Crippen LogP contribution is 2.49. The lowest BCUT2D eigenvalue weighted by molar-refractivity contribution is 1.14. The lowest BCUT2D eigenvalue weighted by Gasteiger charge is -2.50. The molecule has 0 saturated heterocycles. The molecule has 43 heavy (non-hydrogen) atoms. The molecule has 0 saturated carbocycles. The molecule has 0 bridgehead atoms. The number of hydrogen-bond donors (Lipinski definition) is 0. The number of hydrogen-bond acceptors (Lipinski definition) is 0. The second-order valence-corrected chi connectivity index (χ2v) is 40.6. The summed E-state index contributed by atoms with van der Waals surface area (Å²) in [6, 6.07) is 29.4. The molecular weight excluding hydrogens is 597 g/mol. The highest BCUT2D eigenvalue weighted by molar-refractivity contribution is 7.13. The zero-order valence-electron chi connectivity index (χ0n) is 32.3. The Morgan fingerprint density at radius 3 is 1.00 bits per heavy atom.